The number of nitrogens with zero attached hydrogens (tertiary/aromatic N) is 3. The topological polar surface area (TPSA) is 71.3 Å². The molecule has 2 atom stereocenters. The molecule has 1 amide bonds. The van der Waals surface area contributed by atoms with E-state index >= 15 is 0 Å². The van der Waals surface area contributed by atoms with Crippen LogP contribution in [0, 0.1) is 0 Å². The molecule has 1 N–H and O–H groups in total. The van der Waals surface area contributed by atoms with E-state index in [9.17, 15) is 4.79 Å². The minimum Gasteiger partial charge on any atom is -0.335 e. The highest BCUT2D eigenvalue weighted by Crippen LogP contribution is 2.41. The molecule has 2 saturated heterocycles. The fourth-order valence-electron chi connectivity index (χ4n) is 4.60. The first-order valence-corrected chi connectivity index (χ1v) is 9.97. The number of hydrogen-bond acceptors (Lipinski definition) is 5. The maximum absolute atomic E-state index is 13.7. The molecule has 5 rings (SSSR count). The molecular weight excluding hydrogens is 328 g/mol. The molecule has 1 aliphatic carbocycles. The minimum absolute atomic E-state index is 0.139. The third kappa shape index (κ3) is 2.54. The van der Waals surface area contributed by atoms with Crippen molar-refractivity contribution in [3.8, 4) is 0 Å². The van der Waals surface area contributed by atoms with E-state index in [1.54, 1.807) is 0 Å². The van der Waals surface area contributed by atoms with Crippen molar-refractivity contribution in [2.45, 2.75) is 69.9 Å². The van der Waals surface area contributed by atoms with E-state index in [1.165, 1.54) is 0 Å². The van der Waals surface area contributed by atoms with Crippen LogP contribution in [0.1, 0.15) is 79.5 Å². The molecule has 4 heterocycles. The van der Waals surface area contributed by atoms with Crippen LogP contribution in [-0.2, 0) is 0 Å². The van der Waals surface area contributed by atoms with Gasteiger partial charge in [0.15, 0.2) is 0 Å². The van der Waals surface area contributed by atoms with E-state index in [-0.39, 0.29) is 11.8 Å². The molecule has 1 saturated carbocycles. The number of carbonyl (C=O) groups excluding carboxylic acids is 1. The van der Waals surface area contributed by atoms with Crippen LogP contribution in [0.15, 0.2) is 10.6 Å². The van der Waals surface area contributed by atoms with Gasteiger partial charge in [-0.2, -0.15) is 0 Å². The Labute approximate surface area is 153 Å². The van der Waals surface area contributed by atoms with Gasteiger partial charge in [-0.05, 0) is 50.6 Å². The number of hydrogen-bond donors (Lipinski definition) is 1. The summed E-state index contributed by atoms with van der Waals surface area (Å²) < 4.78 is 5.56. The summed E-state index contributed by atoms with van der Waals surface area (Å²) in [7, 11) is 0. The molecule has 138 valence electrons. The highest BCUT2D eigenvalue weighted by atomic mass is 16.5. The van der Waals surface area contributed by atoms with Gasteiger partial charge < -0.3 is 14.7 Å². The quantitative estimate of drug-likeness (QED) is 0.916. The van der Waals surface area contributed by atoms with Gasteiger partial charge in [0.2, 0.25) is 0 Å². The molecule has 2 unspecified atom stereocenters. The Morgan fingerprint density at radius 1 is 1.23 bits per heavy atom. The molecule has 0 aromatic carbocycles. The third-order valence-corrected chi connectivity index (χ3v) is 6.15. The van der Waals surface area contributed by atoms with Crippen LogP contribution in [0.3, 0.4) is 0 Å². The summed E-state index contributed by atoms with van der Waals surface area (Å²) in [5.74, 6) is 0.806. The lowest BCUT2D eigenvalue weighted by Gasteiger charge is -2.28. The van der Waals surface area contributed by atoms with Crippen LogP contribution >= 0.6 is 0 Å². The Morgan fingerprint density at radius 2 is 2.04 bits per heavy atom. The fraction of sp³-hybridized carbons (Fsp3) is 0.650. The average molecular weight is 354 g/mol. The van der Waals surface area contributed by atoms with Gasteiger partial charge in [0.25, 0.3) is 11.6 Å². The molecule has 6 nitrogen and oxygen atoms in total. The summed E-state index contributed by atoms with van der Waals surface area (Å²) in [5.41, 5.74) is 3.12. The Hall–Kier alpha value is -1.95. The van der Waals surface area contributed by atoms with E-state index in [1.807, 2.05) is 6.07 Å². The second-order valence-corrected chi connectivity index (χ2v) is 8.36. The first kappa shape index (κ1) is 16.2. The molecule has 2 bridgehead atoms. The van der Waals surface area contributed by atoms with Crippen molar-refractivity contribution in [2.75, 3.05) is 13.1 Å². The summed E-state index contributed by atoms with van der Waals surface area (Å²) in [4.78, 5) is 20.5. The van der Waals surface area contributed by atoms with E-state index in [0.29, 0.717) is 23.7 Å². The lowest BCUT2D eigenvalue weighted by atomic mass is 10.0. The monoisotopic (exact) mass is 354 g/mol. The average Bonchev–Trinajstić information content (AvgIpc) is 3.29. The molecule has 3 aliphatic rings. The van der Waals surface area contributed by atoms with Gasteiger partial charge in [0.05, 0.1) is 16.6 Å². The van der Waals surface area contributed by atoms with Crippen molar-refractivity contribution >= 4 is 17.0 Å². The number of aromatic nitrogens is 2. The maximum atomic E-state index is 13.7. The van der Waals surface area contributed by atoms with Crippen LogP contribution in [0.25, 0.3) is 11.1 Å². The Bertz CT molecular complexity index is 841. The lowest BCUT2D eigenvalue weighted by molar-refractivity contribution is 0.0682. The Balaban J connectivity index is 1.64. The zero-order valence-corrected chi connectivity index (χ0v) is 15.5. The van der Waals surface area contributed by atoms with Crippen LogP contribution < -0.4 is 5.32 Å². The van der Waals surface area contributed by atoms with Crippen LogP contribution in [-0.4, -0.2) is 46.1 Å². The number of carbonyl (C=O) groups is 1. The second kappa shape index (κ2) is 6.05. The van der Waals surface area contributed by atoms with E-state index in [2.05, 4.69) is 34.2 Å². The van der Waals surface area contributed by atoms with E-state index in [0.717, 1.165) is 67.5 Å². The van der Waals surface area contributed by atoms with Gasteiger partial charge in [-0.1, -0.05) is 19.0 Å². The van der Waals surface area contributed by atoms with Gasteiger partial charge in [-0.25, -0.2) is 4.98 Å². The minimum atomic E-state index is 0.139. The lowest BCUT2D eigenvalue weighted by Crippen LogP contribution is -2.42. The predicted molar refractivity (Wildman–Crippen MR) is 98.3 cm³/mol. The zero-order valence-electron chi connectivity index (χ0n) is 15.5. The van der Waals surface area contributed by atoms with Crippen molar-refractivity contribution in [3.05, 3.63) is 23.0 Å². The molecule has 6 heteroatoms. The van der Waals surface area contributed by atoms with Gasteiger partial charge in [0, 0.05) is 30.2 Å². The van der Waals surface area contributed by atoms with Gasteiger partial charge in [-0.3, -0.25) is 4.79 Å². The van der Waals surface area contributed by atoms with Gasteiger partial charge >= 0.3 is 0 Å². The summed E-state index contributed by atoms with van der Waals surface area (Å²) in [6, 6.07) is 2.67. The molecule has 26 heavy (non-hydrogen) atoms. The number of rotatable bonds is 3. The first-order chi connectivity index (χ1) is 12.6. The van der Waals surface area contributed by atoms with E-state index < -0.39 is 0 Å². The molecule has 0 spiro atoms. The standard InChI is InChI=1S/C20H26N4O2/c1-11(2)18-17-15(9-16(12-3-4-12)22-19(17)26-23-18)20(25)24-13-5-6-14(24)10-21-8-7-13/h9,11-14,21H,3-8,10H2,1-2H3. The number of amides is 1. The largest absolute Gasteiger partial charge is 0.335 e. The molecule has 0 radical (unpaired) electrons. The van der Waals surface area contributed by atoms with E-state index in [4.69, 9.17) is 4.52 Å². The van der Waals surface area contributed by atoms with Crippen molar-refractivity contribution < 1.29 is 9.32 Å². The second-order valence-electron chi connectivity index (χ2n) is 8.36. The summed E-state index contributed by atoms with van der Waals surface area (Å²) in [6.45, 7) is 6.06. The third-order valence-electron chi connectivity index (χ3n) is 6.15. The molecule has 2 aromatic rings. The zero-order chi connectivity index (χ0) is 17.8. The van der Waals surface area contributed by atoms with Crippen molar-refractivity contribution in [3.63, 3.8) is 0 Å². The van der Waals surface area contributed by atoms with Crippen molar-refractivity contribution in [1.82, 2.24) is 20.4 Å². The summed E-state index contributed by atoms with van der Waals surface area (Å²) >= 11 is 0. The van der Waals surface area contributed by atoms with Gasteiger partial charge in [-0.15, -0.1) is 0 Å². The van der Waals surface area contributed by atoms with Crippen LogP contribution in [0.5, 0.6) is 0 Å². The highest BCUT2D eigenvalue weighted by molar-refractivity contribution is 6.06. The highest BCUT2D eigenvalue weighted by Gasteiger charge is 2.40. The molecule has 3 fully saturated rings. The smallest absolute Gasteiger partial charge is 0.259 e. The normalized spacial score (nSPS) is 25.9. The van der Waals surface area contributed by atoms with Crippen molar-refractivity contribution in [1.29, 1.82) is 0 Å². The Kier molecular flexibility index (Phi) is 3.78. The number of pyridine rings is 1. The van der Waals surface area contributed by atoms with Crippen molar-refractivity contribution in [2.24, 2.45) is 0 Å². The number of nitrogens with one attached hydrogen (secondary N) is 1. The maximum Gasteiger partial charge on any atom is 0.259 e. The fourth-order valence-corrected chi connectivity index (χ4v) is 4.60. The molecule has 2 aliphatic heterocycles. The van der Waals surface area contributed by atoms with Crippen LogP contribution in [0.4, 0.5) is 0 Å². The number of fused-ring (bicyclic) bond motifs is 3. The van der Waals surface area contributed by atoms with Crippen LogP contribution in [0.2, 0.25) is 0 Å². The SMILES string of the molecule is CC(C)c1noc2nc(C3CC3)cc(C(=O)N3C4CCNCC3CC4)c12. The summed E-state index contributed by atoms with van der Waals surface area (Å²) in [5, 5.41) is 8.56. The first-order valence-electron chi connectivity index (χ1n) is 9.97. The molecule has 2 aromatic heterocycles. The Morgan fingerprint density at radius 3 is 2.81 bits per heavy atom. The summed E-state index contributed by atoms with van der Waals surface area (Å²) in [6.07, 6.45) is 5.54. The predicted octanol–water partition coefficient (Wildman–Crippen LogP) is 3.19. The molecular formula is C20H26N4O2. The van der Waals surface area contributed by atoms with Gasteiger partial charge in [0.1, 0.15) is 0 Å².